The van der Waals surface area contributed by atoms with Gasteiger partial charge in [-0.1, -0.05) is 4.49 Å². The largest absolute Gasteiger partial charge is 0.398 e. The smallest absolute Gasteiger partial charge is 0.258 e. The molecule has 88 valence electrons. The lowest BCUT2D eigenvalue weighted by molar-refractivity contribution is 0.102. The fourth-order valence-corrected chi connectivity index (χ4v) is 1.58. The van der Waals surface area contributed by atoms with E-state index in [4.69, 9.17) is 5.73 Å². The van der Waals surface area contributed by atoms with Gasteiger partial charge in [-0.15, -0.1) is 5.10 Å². The van der Waals surface area contributed by atoms with Crippen molar-refractivity contribution in [1.82, 2.24) is 9.59 Å². The van der Waals surface area contributed by atoms with E-state index in [0.717, 1.165) is 23.7 Å². The van der Waals surface area contributed by atoms with E-state index in [0.29, 0.717) is 5.00 Å². The molecule has 0 aliphatic rings. The van der Waals surface area contributed by atoms with Crippen LogP contribution >= 0.6 is 11.5 Å². The molecule has 0 fully saturated rings. The molecule has 1 aromatic carbocycles. The number of benzene rings is 1. The summed E-state index contributed by atoms with van der Waals surface area (Å²) in [4.78, 5) is 11.7. The lowest BCUT2D eigenvalue weighted by Gasteiger charge is -2.05. The first-order valence-corrected chi connectivity index (χ1v) is 5.18. The van der Waals surface area contributed by atoms with Gasteiger partial charge < -0.3 is 11.1 Å². The highest BCUT2D eigenvalue weighted by Gasteiger charge is 2.15. The van der Waals surface area contributed by atoms with E-state index in [1.807, 2.05) is 0 Å². The third kappa shape index (κ3) is 2.36. The summed E-state index contributed by atoms with van der Waals surface area (Å²) in [5, 5.41) is 6.31. The van der Waals surface area contributed by atoms with Crippen LogP contribution < -0.4 is 11.1 Å². The molecule has 0 bridgehead atoms. The second kappa shape index (κ2) is 4.42. The number of hydrogen-bond donors (Lipinski definition) is 2. The molecule has 3 N–H and O–H groups in total. The summed E-state index contributed by atoms with van der Waals surface area (Å²) in [5.41, 5.74) is 5.14. The molecule has 2 rings (SSSR count). The number of carbonyl (C=O) groups is 1. The van der Waals surface area contributed by atoms with E-state index in [-0.39, 0.29) is 11.3 Å². The molecule has 0 unspecified atom stereocenters. The number of halogens is 2. The van der Waals surface area contributed by atoms with E-state index >= 15 is 0 Å². The van der Waals surface area contributed by atoms with Gasteiger partial charge in [-0.2, -0.15) is 0 Å². The second-order valence-electron chi connectivity index (χ2n) is 3.09. The number of carbonyl (C=O) groups excluding carboxylic acids is 1. The van der Waals surface area contributed by atoms with Gasteiger partial charge in [0, 0.05) is 23.3 Å². The minimum atomic E-state index is -1.13. The van der Waals surface area contributed by atoms with Crippen LogP contribution in [-0.2, 0) is 0 Å². The average Bonchev–Trinajstić information content (AvgIpc) is 2.76. The highest BCUT2D eigenvalue weighted by atomic mass is 32.1. The van der Waals surface area contributed by atoms with Crippen LogP contribution in [0.4, 0.5) is 19.5 Å². The van der Waals surface area contributed by atoms with E-state index in [1.54, 1.807) is 0 Å². The van der Waals surface area contributed by atoms with Crippen molar-refractivity contribution in [1.29, 1.82) is 0 Å². The molecule has 1 amide bonds. The van der Waals surface area contributed by atoms with Crippen molar-refractivity contribution in [2.24, 2.45) is 0 Å². The Morgan fingerprint density at radius 3 is 2.71 bits per heavy atom. The Balaban J connectivity index is 2.28. The maximum absolute atomic E-state index is 13.0. The van der Waals surface area contributed by atoms with Crippen LogP contribution in [0, 0.1) is 11.6 Å². The number of hydrogen-bond acceptors (Lipinski definition) is 5. The average molecular weight is 256 g/mol. The minimum absolute atomic E-state index is 0.140. The summed E-state index contributed by atoms with van der Waals surface area (Å²) in [6.45, 7) is 0. The van der Waals surface area contributed by atoms with Crippen LogP contribution in [0.3, 0.4) is 0 Å². The number of nitrogen functional groups attached to an aromatic ring is 1. The molecule has 17 heavy (non-hydrogen) atoms. The first-order chi connectivity index (χ1) is 8.08. The standard InChI is InChI=1S/C9H6F2N4OS/c10-5-1-4(7(12)2-6(5)11)9(16)14-8-3-13-15-17-8/h1-3H,12H2,(H,14,16). The predicted molar refractivity (Wildman–Crippen MR) is 58.6 cm³/mol. The summed E-state index contributed by atoms with van der Waals surface area (Å²) in [5.74, 6) is -2.88. The minimum Gasteiger partial charge on any atom is -0.398 e. The number of anilines is 2. The first kappa shape index (κ1) is 11.4. The van der Waals surface area contributed by atoms with Crippen molar-refractivity contribution >= 4 is 28.1 Å². The van der Waals surface area contributed by atoms with Gasteiger partial charge in [0.2, 0.25) is 0 Å². The highest BCUT2D eigenvalue weighted by Crippen LogP contribution is 2.19. The number of nitrogens with one attached hydrogen (secondary N) is 1. The molecule has 0 spiro atoms. The lowest BCUT2D eigenvalue weighted by atomic mass is 10.1. The normalized spacial score (nSPS) is 10.2. The van der Waals surface area contributed by atoms with E-state index in [1.165, 1.54) is 6.20 Å². The summed E-state index contributed by atoms with van der Waals surface area (Å²) in [6, 6.07) is 1.50. The Kier molecular flexibility index (Phi) is 2.96. The maximum atomic E-state index is 13.0. The number of nitrogens with zero attached hydrogens (tertiary/aromatic N) is 2. The Labute approximate surface area is 98.4 Å². The zero-order valence-electron chi connectivity index (χ0n) is 8.28. The molecule has 1 aromatic heterocycles. The number of nitrogens with two attached hydrogens (primary N) is 1. The summed E-state index contributed by atoms with van der Waals surface area (Å²) >= 11 is 0.957. The van der Waals surface area contributed by atoms with Crippen molar-refractivity contribution in [2.45, 2.75) is 0 Å². The molecular weight excluding hydrogens is 250 g/mol. The van der Waals surface area contributed by atoms with Gasteiger partial charge >= 0.3 is 0 Å². The van der Waals surface area contributed by atoms with Crippen LogP contribution in [0.1, 0.15) is 10.4 Å². The predicted octanol–water partition coefficient (Wildman–Crippen LogP) is 1.65. The maximum Gasteiger partial charge on any atom is 0.258 e. The van der Waals surface area contributed by atoms with Crippen LogP contribution in [0.2, 0.25) is 0 Å². The van der Waals surface area contributed by atoms with Crippen LogP contribution in [0.25, 0.3) is 0 Å². The summed E-state index contributed by atoms with van der Waals surface area (Å²) in [7, 11) is 0. The Morgan fingerprint density at radius 1 is 1.35 bits per heavy atom. The van der Waals surface area contributed by atoms with Gasteiger partial charge in [-0.05, 0) is 6.07 Å². The fraction of sp³-hybridized carbons (Fsp3) is 0. The highest BCUT2D eigenvalue weighted by molar-refractivity contribution is 7.10. The fourth-order valence-electron chi connectivity index (χ4n) is 1.16. The van der Waals surface area contributed by atoms with Crippen LogP contribution in [-0.4, -0.2) is 15.5 Å². The van der Waals surface area contributed by atoms with E-state index in [9.17, 15) is 13.6 Å². The van der Waals surface area contributed by atoms with Gasteiger partial charge in [-0.3, -0.25) is 4.79 Å². The third-order valence-electron chi connectivity index (χ3n) is 1.94. The molecule has 2 aromatic rings. The zero-order valence-corrected chi connectivity index (χ0v) is 9.09. The van der Waals surface area contributed by atoms with Crippen molar-refractivity contribution < 1.29 is 13.6 Å². The molecule has 0 aliphatic carbocycles. The number of rotatable bonds is 2. The Morgan fingerprint density at radius 2 is 2.06 bits per heavy atom. The van der Waals surface area contributed by atoms with Gasteiger partial charge in [0.1, 0.15) is 5.00 Å². The number of amides is 1. The van der Waals surface area contributed by atoms with E-state index < -0.39 is 17.5 Å². The summed E-state index contributed by atoms with van der Waals surface area (Å²) in [6.07, 6.45) is 1.33. The molecule has 0 aliphatic heterocycles. The van der Waals surface area contributed by atoms with Gasteiger partial charge in [-0.25, -0.2) is 8.78 Å². The monoisotopic (exact) mass is 256 g/mol. The Hall–Kier alpha value is -2.09. The molecule has 0 saturated carbocycles. The molecule has 1 heterocycles. The van der Waals surface area contributed by atoms with Crippen LogP contribution in [0.15, 0.2) is 18.3 Å². The van der Waals surface area contributed by atoms with Crippen molar-refractivity contribution in [3.63, 3.8) is 0 Å². The Bertz CT molecular complexity index is 558. The SMILES string of the molecule is Nc1cc(F)c(F)cc1C(=O)Nc1cnns1. The third-order valence-corrected chi connectivity index (χ3v) is 2.52. The van der Waals surface area contributed by atoms with E-state index in [2.05, 4.69) is 14.9 Å². The molecule has 5 nitrogen and oxygen atoms in total. The molecule has 0 radical (unpaired) electrons. The van der Waals surface area contributed by atoms with Gasteiger partial charge in [0.05, 0.1) is 11.8 Å². The molecule has 0 saturated heterocycles. The zero-order chi connectivity index (χ0) is 12.4. The molecule has 0 atom stereocenters. The molecular formula is C9H6F2N4OS. The van der Waals surface area contributed by atoms with Gasteiger partial charge in [0.25, 0.3) is 5.91 Å². The number of aromatic nitrogens is 2. The summed E-state index contributed by atoms with van der Waals surface area (Å²) < 4.78 is 29.3. The first-order valence-electron chi connectivity index (χ1n) is 4.41. The quantitative estimate of drug-likeness (QED) is 0.800. The van der Waals surface area contributed by atoms with Crippen LogP contribution in [0.5, 0.6) is 0 Å². The van der Waals surface area contributed by atoms with Crippen molar-refractivity contribution in [2.75, 3.05) is 11.1 Å². The van der Waals surface area contributed by atoms with Crippen molar-refractivity contribution in [3.05, 3.63) is 35.5 Å². The van der Waals surface area contributed by atoms with Gasteiger partial charge in [0.15, 0.2) is 11.6 Å². The lowest BCUT2D eigenvalue weighted by Crippen LogP contribution is -2.14. The van der Waals surface area contributed by atoms with Crippen molar-refractivity contribution in [3.8, 4) is 0 Å². The topological polar surface area (TPSA) is 80.9 Å². The molecule has 8 heteroatoms. The second-order valence-corrected chi connectivity index (χ2v) is 3.88.